The van der Waals surface area contributed by atoms with Gasteiger partial charge in [0, 0.05) is 18.7 Å². The molecule has 110 valence electrons. The Morgan fingerprint density at radius 3 is 2.15 bits per heavy atom. The van der Waals surface area contributed by atoms with Crippen LogP contribution in [0.1, 0.15) is 29.8 Å². The molecule has 1 rings (SSSR count). The highest BCUT2D eigenvalue weighted by Crippen LogP contribution is 2.10. The van der Waals surface area contributed by atoms with Crippen molar-refractivity contribution in [2.75, 3.05) is 13.1 Å². The number of hydrogen-bond donors (Lipinski definition) is 2. The molecule has 5 nitrogen and oxygen atoms in total. The minimum Gasteiger partial charge on any atom is -0.481 e. The smallest absolute Gasteiger partial charge is 0.308 e. The normalized spacial score (nSPS) is 13.6. The van der Waals surface area contributed by atoms with Crippen LogP contribution in [0.15, 0.2) is 24.3 Å². The van der Waals surface area contributed by atoms with Gasteiger partial charge < -0.3 is 15.1 Å². The highest BCUT2D eigenvalue weighted by molar-refractivity contribution is 5.94. The Hall–Kier alpha value is -1.88. The van der Waals surface area contributed by atoms with Crippen LogP contribution in [0, 0.1) is 12.8 Å². The Balaban J connectivity index is 2.89. The second-order valence-corrected chi connectivity index (χ2v) is 5.16. The van der Waals surface area contributed by atoms with Crippen molar-refractivity contribution in [2.24, 2.45) is 5.92 Å². The second-order valence-electron chi connectivity index (χ2n) is 5.16. The van der Waals surface area contributed by atoms with Crippen molar-refractivity contribution in [1.29, 1.82) is 0 Å². The zero-order chi connectivity index (χ0) is 15.3. The molecule has 0 spiro atoms. The van der Waals surface area contributed by atoms with Gasteiger partial charge in [-0.2, -0.15) is 0 Å². The first-order valence-corrected chi connectivity index (χ1v) is 6.58. The number of aryl methyl sites for hydroxylation is 1. The monoisotopic (exact) mass is 279 g/mol. The average Bonchev–Trinajstić information content (AvgIpc) is 2.37. The van der Waals surface area contributed by atoms with Gasteiger partial charge in [-0.3, -0.25) is 9.59 Å². The predicted molar refractivity (Wildman–Crippen MR) is 75.6 cm³/mol. The van der Waals surface area contributed by atoms with E-state index in [0.29, 0.717) is 5.56 Å². The molecule has 0 saturated heterocycles. The van der Waals surface area contributed by atoms with Gasteiger partial charge in [0.25, 0.3) is 5.91 Å². The van der Waals surface area contributed by atoms with Crippen molar-refractivity contribution < 1.29 is 19.8 Å². The SMILES string of the molecule is Cc1ccc(C(=O)N(CC(C)O)CC(C)C(=O)O)cc1. The summed E-state index contributed by atoms with van der Waals surface area (Å²) in [5.41, 5.74) is 1.54. The van der Waals surface area contributed by atoms with Crippen LogP contribution in [0.25, 0.3) is 0 Å². The fourth-order valence-corrected chi connectivity index (χ4v) is 1.85. The fraction of sp³-hybridized carbons (Fsp3) is 0.467. The Bertz CT molecular complexity index is 467. The third-order valence-corrected chi connectivity index (χ3v) is 2.99. The summed E-state index contributed by atoms with van der Waals surface area (Å²) in [6, 6.07) is 7.07. The van der Waals surface area contributed by atoms with Crippen molar-refractivity contribution >= 4 is 11.9 Å². The average molecular weight is 279 g/mol. The minimum atomic E-state index is -0.961. The van der Waals surface area contributed by atoms with Gasteiger partial charge in [-0.05, 0) is 26.0 Å². The first-order chi connectivity index (χ1) is 9.31. The summed E-state index contributed by atoms with van der Waals surface area (Å²) in [6.45, 7) is 5.23. The summed E-state index contributed by atoms with van der Waals surface area (Å²) in [5, 5.41) is 18.4. The van der Waals surface area contributed by atoms with Crippen molar-refractivity contribution in [1.82, 2.24) is 4.90 Å². The standard InChI is InChI=1S/C15H21NO4/c1-10-4-6-13(7-5-10)14(18)16(9-12(3)17)8-11(2)15(19)20/h4-7,11-12,17H,8-9H2,1-3H3,(H,19,20). The fourth-order valence-electron chi connectivity index (χ4n) is 1.85. The number of nitrogens with zero attached hydrogens (tertiary/aromatic N) is 1. The number of carboxylic acids is 1. The number of hydrogen-bond acceptors (Lipinski definition) is 3. The van der Waals surface area contributed by atoms with E-state index in [0.717, 1.165) is 5.56 Å². The molecule has 0 aromatic heterocycles. The van der Waals surface area contributed by atoms with Gasteiger partial charge in [0.15, 0.2) is 0 Å². The zero-order valence-electron chi connectivity index (χ0n) is 12.0. The van der Waals surface area contributed by atoms with Crippen molar-refractivity contribution in [2.45, 2.75) is 26.9 Å². The van der Waals surface area contributed by atoms with Crippen LogP contribution in [0.4, 0.5) is 0 Å². The highest BCUT2D eigenvalue weighted by Gasteiger charge is 2.22. The van der Waals surface area contributed by atoms with Crippen LogP contribution < -0.4 is 0 Å². The summed E-state index contributed by atoms with van der Waals surface area (Å²) < 4.78 is 0. The quantitative estimate of drug-likeness (QED) is 0.828. The molecule has 0 fully saturated rings. The number of amides is 1. The third-order valence-electron chi connectivity index (χ3n) is 2.99. The lowest BCUT2D eigenvalue weighted by Gasteiger charge is -2.26. The first-order valence-electron chi connectivity index (χ1n) is 6.58. The summed E-state index contributed by atoms with van der Waals surface area (Å²) in [7, 11) is 0. The van der Waals surface area contributed by atoms with E-state index < -0.39 is 18.0 Å². The molecule has 2 atom stereocenters. The molecule has 0 heterocycles. The minimum absolute atomic E-state index is 0.0763. The van der Waals surface area contributed by atoms with Gasteiger partial charge in [-0.25, -0.2) is 0 Å². The third kappa shape index (κ3) is 4.66. The number of rotatable bonds is 6. The zero-order valence-corrected chi connectivity index (χ0v) is 12.0. The van der Waals surface area contributed by atoms with Gasteiger partial charge in [-0.15, -0.1) is 0 Å². The van der Waals surface area contributed by atoms with Crippen LogP contribution in [-0.2, 0) is 4.79 Å². The molecular formula is C15H21NO4. The van der Waals surface area contributed by atoms with E-state index in [1.54, 1.807) is 26.0 Å². The number of aliphatic hydroxyl groups excluding tert-OH is 1. The van der Waals surface area contributed by atoms with E-state index in [2.05, 4.69) is 0 Å². The largest absolute Gasteiger partial charge is 0.481 e. The van der Waals surface area contributed by atoms with E-state index in [-0.39, 0.29) is 19.0 Å². The molecule has 0 bridgehead atoms. The van der Waals surface area contributed by atoms with E-state index >= 15 is 0 Å². The number of aliphatic carboxylic acids is 1. The van der Waals surface area contributed by atoms with Crippen molar-refractivity contribution in [3.8, 4) is 0 Å². The van der Waals surface area contributed by atoms with Crippen molar-refractivity contribution in [3.63, 3.8) is 0 Å². The molecule has 0 saturated carbocycles. The van der Waals surface area contributed by atoms with Gasteiger partial charge in [-0.1, -0.05) is 24.6 Å². The Kier molecular flexibility index (Phi) is 5.70. The lowest BCUT2D eigenvalue weighted by Crippen LogP contribution is -2.40. The van der Waals surface area contributed by atoms with Gasteiger partial charge in [0.05, 0.1) is 12.0 Å². The molecule has 2 N–H and O–H groups in total. The highest BCUT2D eigenvalue weighted by atomic mass is 16.4. The Morgan fingerprint density at radius 1 is 1.15 bits per heavy atom. The van der Waals surface area contributed by atoms with Gasteiger partial charge in [0.2, 0.25) is 0 Å². The molecular weight excluding hydrogens is 258 g/mol. The number of benzene rings is 1. The van der Waals surface area contributed by atoms with E-state index in [1.165, 1.54) is 4.90 Å². The maximum atomic E-state index is 12.4. The topological polar surface area (TPSA) is 77.8 Å². The maximum absolute atomic E-state index is 12.4. The molecule has 20 heavy (non-hydrogen) atoms. The van der Waals surface area contributed by atoms with Crippen LogP contribution in [0.2, 0.25) is 0 Å². The van der Waals surface area contributed by atoms with Crippen LogP contribution in [-0.4, -0.2) is 46.2 Å². The van der Waals surface area contributed by atoms with E-state index in [4.69, 9.17) is 5.11 Å². The molecule has 1 amide bonds. The molecule has 0 aliphatic rings. The molecule has 5 heteroatoms. The summed E-state index contributed by atoms with van der Waals surface area (Å²) >= 11 is 0. The molecule has 1 aromatic carbocycles. The Labute approximate surface area is 118 Å². The number of carbonyl (C=O) groups is 2. The summed E-state index contributed by atoms with van der Waals surface area (Å²) in [6.07, 6.45) is -0.703. The molecule has 1 aromatic rings. The van der Waals surface area contributed by atoms with E-state index in [1.807, 2.05) is 19.1 Å². The summed E-state index contributed by atoms with van der Waals surface area (Å²) in [4.78, 5) is 24.7. The summed E-state index contributed by atoms with van der Waals surface area (Å²) in [5.74, 6) is -1.90. The lowest BCUT2D eigenvalue weighted by atomic mass is 10.1. The van der Waals surface area contributed by atoms with Crippen LogP contribution in [0.5, 0.6) is 0 Å². The van der Waals surface area contributed by atoms with Crippen LogP contribution >= 0.6 is 0 Å². The molecule has 0 radical (unpaired) electrons. The van der Waals surface area contributed by atoms with Crippen molar-refractivity contribution in [3.05, 3.63) is 35.4 Å². The molecule has 0 aliphatic carbocycles. The number of carboxylic acid groups (broad SMARTS) is 1. The van der Waals surface area contributed by atoms with Gasteiger partial charge >= 0.3 is 5.97 Å². The van der Waals surface area contributed by atoms with E-state index in [9.17, 15) is 14.7 Å². The molecule has 0 aliphatic heterocycles. The predicted octanol–water partition coefficient (Wildman–Crippen LogP) is 1.54. The van der Waals surface area contributed by atoms with Crippen LogP contribution in [0.3, 0.4) is 0 Å². The first kappa shape index (κ1) is 16.2. The number of aliphatic hydroxyl groups is 1. The maximum Gasteiger partial charge on any atom is 0.308 e. The number of carbonyl (C=O) groups excluding carboxylic acids is 1. The van der Waals surface area contributed by atoms with Gasteiger partial charge in [0.1, 0.15) is 0 Å². The molecule has 2 unspecified atom stereocenters. The second kappa shape index (κ2) is 7.05. The lowest BCUT2D eigenvalue weighted by molar-refractivity contribution is -0.141. The Morgan fingerprint density at radius 2 is 1.70 bits per heavy atom.